The van der Waals surface area contributed by atoms with Crippen LogP contribution < -0.4 is 4.74 Å². The van der Waals surface area contributed by atoms with Gasteiger partial charge in [0.05, 0.1) is 0 Å². The molecule has 0 bridgehead atoms. The van der Waals surface area contributed by atoms with Crippen LogP contribution in [0.5, 0.6) is 11.6 Å². The largest absolute Gasteiger partial charge is 0.574 e. The molecule has 1 heterocycles. The van der Waals surface area contributed by atoms with Gasteiger partial charge in [-0.25, -0.2) is 4.98 Å². The predicted octanol–water partition coefficient (Wildman–Crippen LogP) is 3.31. The zero-order valence-electron chi connectivity index (χ0n) is 7.53. The van der Waals surface area contributed by atoms with Gasteiger partial charge in [-0.2, -0.15) is 13.2 Å². The second kappa shape index (κ2) is 4.38. The minimum absolute atomic E-state index is 0.121. The molecule has 1 aromatic rings. The van der Waals surface area contributed by atoms with Crippen molar-refractivity contribution in [2.75, 3.05) is 0 Å². The lowest BCUT2D eigenvalue weighted by Gasteiger charge is -2.14. The SMILES string of the molecule is Oc1cc(C(F)(F)F)c(OC(F)(F)F)nc1I. The molecule has 3 nitrogen and oxygen atoms in total. The first kappa shape index (κ1) is 14.1. The molecule has 0 atom stereocenters. The fourth-order valence-electron chi connectivity index (χ4n) is 0.855. The summed E-state index contributed by atoms with van der Waals surface area (Å²) < 4.78 is 75.3. The highest BCUT2D eigenvalue weighted by Crippen LogP contribution is 2.39. The maximum Gasteiger partial charge on any atom is 0.574 e. The van der Waals surface area contributed by atoms with Gasteiger partial charge in [0, 0.05) is 6.07 Å². The van der Waals surface area contributed by atoms with E-state index in [0.29, 0.717) is 0 Å². The van der Waals surface area contributed by atoms with E-state index in [-0.39, 0.29) is 6.07 Å². The van der Waals surface area contributed by atoms with Crippen molar-refractivity contribution >= 4 is 22.6 Å². The summed E-state index contributed by atoms with van der Waals surface area (Å²) in [4.78, 5) is 2.90. The van der Waals surface area contributed by atoms with Gasteiger partial charge in [-0.1, -0.05) is 0 Å². The van der Waals surface area contributed by atoms with Crippen molar-refractivity contribution in [1.29, 1.82) is 0 Å². The maximum absolute atomic E-state index is 12.3. The van der Waals surface area contributed by atoms with Crippen LogP contribution in [0, 0.1) is 3.70 Å². The molecule has 10 heteroatoms. The molecule has 0 aliphatic heterocycles. The highest BCUT2D eigenvalue weighted by molar-refractivity contribution is 14.1. The summed E-state index contributed by atoms with van der Waals surface area (Å²) >= 11 is 1.27. The van der Waals surface area contributed by atoms with E-state index in [1.165, 1.54) is 22.6 Å². The number of rotatable bonds is 1. The van der Waals surface area contributed by atoms with Gasteiger partial charge in [-0.3, -0.25) is 0 Å². The lowest BCUT2D eigenvalue weighted by molar-refractivity contribution is -0.278. The van der Waals surface area contributed by atoms with Gasteiger partial charge in [0.2, 0.25) is 5.88 Å². The van der Waals surface area contributed by atoms with Crippen LogP contribution >= 0.6 is 22.6 Å². The molecule has 1 rings (SSSR count). The Bertz CT molecular complexity index is 430. The maximum atomic E-state index is 12.3. The van der Waals surface area contributed by atoms with E-state index >= 15 is 0 Å². The molecular weight excluding hydrogens is 371 g/mol. The van der Waals surface area contributed by atoms with Crippen molar-refractivity contribution in [3.05, 3.63) is 15.3 Å². The first-order valence-electron chi connectivity index (χ1n) is 3.73. The van der Waals surface area contributed by atoms with E-state index < -0.39 is 33.4 Å². The third-order valence-corrected chi connectivity index (χ3v) is 2.23. The lowest BCUT2D eigenvalue weighted by Crippen LogP contribution is -2.21. The van der Waals surface area contributed by atoms with Crippen LogP contribution in [-0.4, -0.2) is 16.5 Å². The first-order chi connectivity index (χ1) is 7.50. The molecule has 1 aromatic heterocycles. The molecule has 0 aromatic carbocycles. The quantitative estimate of drug-likeness (QED) is 0.467. The topological polar surface area (TPSA) is 42.4 Å². The van der Waals surface area contributed by atoms with Gasteiger partial charge in [0.25, 0.3) is 0 Å². The van der Waals surface area contributed by atoms with E-state index in [0.717, 1.165) is 0 Å². The summed E-state index contributed by atoms with van der Waals surface area (Å²) in [5.41, 5.74) is -1.80. The molecule has 0 aliphatic carbocycles. The zero-order chi connectivity index (χ0) is 13.4. The zero-order valence-corrected chi connectivity index (χ0v) is 9.68. The van der Waals surface area contributed by atoms with Crippen LogP contribution in [0.3, 0.4) is 0 Å². The normalized spacial score (nSPS) is 12.6. The molecule has 1 N–H and O–H groups in total. The Hall–Kier alpha value is -0.940. The number of hydrogen-bond donors (Lipinski definition) is 1. The number of aromatic hydroxyl groups is 1. The van der Waals surface area contributed by atoms with Gasteiger partial charge >= 0.3 is 12.5 Å². The van der Waals surface area contributed by atoms with Crippen LogP contribution in [-0.2, 0) is 6.18 Å². The van der Waals surface area contributed by atoms with Gasteiger partial charge in [0.15, 0.2) is 0 Å². The van der Waals surface area contributed by atoms with E-state index in [9.17, 15) is 26.3 Å². The Labute approximate surface area is 104 Å². The first-order valence-corrected chi connectivity index (χ1v) is 4.81. The minimum Gasteiger partial charge on any atom is -0.505 e. The molecule has 0 saturated carbocycles. The second-order valence-corrected chi connectivity index (χ2v) is 3.72. The van der Waals surface area contributed by atoms with E-state index in [1.807, 2.05) is 0 Å². The molecule has 0 fully saturated rings. The number of pyridine rings is 1. The number of halogens is 7. The fraction of sp³-hybridized carbons (Fsp3) is 0.286. The summed E-state index contributed by atoms with van der Waals surface area (Å²) in [5.74, 6) is -2.53. The van der Waals surface area contributed by atoms with Crippen molar-refractivity contribution in [3.63, 3.8) is 0 Å². The van der Waals surface area contributed by atoms with Crippen molar-refractivity contribution in [3.8, 4) is 11.6 Å². The summed E-state index contributed by atoms with van der Waals surface area (Å²) in [6, 6.07) is 0.121. The number of alkyl halides is 6. The standard InChI is InChI=1S/C7H2F6INO2/c8-6(9,10)2-1-3(16)4(14)15-5(2)17-7(11,12)13/h1,16H. The Kier molecular flexibility index (Phi) is 3.64. The van der Waals surface area contributed by atoms with E-state index in [1.54, 1.807) is 0 Å². The summed E-state index contributed by atoms with van der Waals surface area (Å²) in [7, 11) is 0. The molecule has 0 unspecified atom stereocenters. The number of aromatic nitrogens is 1. The molecule has 17 heavy (non-hydrogen) atoms. The molecule has 0 saturated heterocycles. The highest BCUT2D eigenvalue weighted by Gasteiger charge is 2.41. The van der Waals surface area contributed by atoms with Crippen molar-refractivity contribution in [1.82, 2.24) is 4.98 Å². The van der Waals surface area contributed by atoms with Crippen LogP contribution in [0.25, 0.3) is 0 Å². The van der Waals surface area contributed by atoms with Crippen molar-refractivity contribution in [2.24, 2.45) is 0 Å². The van der Waals surface area contributed by atoms with Crippen LogP contribution in [0.1, 0.15) is 5.56 Å². The van der Waals surface area contributed by atoms with Crippen molar-refractivity contribution < 1.29 is 36.2 Å². The predicted molar refractivity (Wildman–Crippen MR) is 50.3 cm³/mol. The Morgan fingerprint density at radius 3 is 2.12 bits per heavy atom. The smallest absolute Gasteiger partial charge is 0.505 e. The number of nitrogens with zero attached hydrogens (tertiary/aromatic N) is 1. The molecule has 0 spiro atoms. The van der Waals surface area contributed by atoms with E-state index in [2.05, 4.69) is 9.72 Å². The fourth-order valence-corrected chi connectivity index (χ4v) is 1.23. The molecular formula is C7H2F6INO2. The summed E-state index contributed by atoms with van der Waals surface area (Å²) in [6.07, 6.45) is -10.4. The molecule has 0 aliphatic rings. The number of hydrogen-bond acceptors (Lipinski definition) is 3. The Balaban J connectivity index is 3.32. The van der Waals surface area contributed by atoms with Crippen LogP contribution in [0.2, 0.25) is 0 Å². The average Bonchev–Trinajstić information content (AvgIpc) is 2.06. The monoisotopic (exact) mass is 373 g/mol. The molecule has 0 radical (unpaired) electrons. The van der Waals surface area contributed by atoms with Gasteiger partial charge in [-0.15, -0.1) is 13.2 Å². The Morgan fingerprint density at radius 1 is 1.18 bits per heavy atom. The molecule has 96 valence electrons. The van der Waals surface area contributed by atoms with Gasteiger partial charge in [-0.05, 0) is 22.6 Å². The number of ether oxygens (including phenoxy) is 1. The van der Waals surface area contributed by atoms with Gasteiger partial charge in [0.1, 0.15) is 15.0 Å². The third kappa shape index (κ3) is 3.78. The van der Waals surface area contributed by atoms with Gasteiger partial charge < -0.3 is 9.84 Å². The van der Waals surface area contributed by atoms with E-state index in [4.69, 9.17) is 5.11 Å². The summed E-state index contributed by atoms with van der Waals surface area (Å²) in [5, 5.41) is 8.98. The summed E-state index contributed by atoms with van der Waals surface area (Å²) in [6.45, 7) is 0. The minimum atomic E-state index is -5.30. The van der Waals surface area contributed by atoms with Crippen LogP contribution in [0.15, 0.2) is 6.07 Å². The average molecular weight is 373 g/mol. The third-order valence-electron chi connectivity index (χ3n) is 1.44. The van der Waals surface area contributed by atoms with Crippen molar-refractivity contribution in [2.45, 2.75) is 12.5 Å². The molecule has 0 amide bonds. The Morgan fingerprint density at radius 2 is 1.71 bits per heavy atom. The lowest BCUT2D eigenvalue weighted by atomic mass is 10.2. The second-order valence-electron chi connectivity index (χ2n) is 2.70. The van der Waals surface area contributed by atoms with Crippen LogP contribution in [0.4, 0.5) is 26.3 Å². The highest BCUT2D eigenvalue weighted by atomic mass is 127.